The van der Waals surface area contributed by atoms with Gasteiger partial charge < -0.3 is 14.7 Å². The van der Waals surface area contributed by atoms with Gasteiger partial charge in [-0.2, -0.15) is 0 Å². The number of halogens is 1. The lowest BCUT2D eigenvalue weighted by molar-refractivity contribution is -0.125. The Balaban J connectivity index is 1.38. The fraction of sp³-hybridized carbons (Fsp3) is 0.355. The molecule has 0 bridgehead atoms. The van der Waals surface area contributed by atoms with Crippen LogP contribution in [0, 0.1) is 5.41 Å². The van der Waals surface area contributed by atoms with Gasteiger partial charge in [0.1, 0.15) is 12.4 Å². The van der Waals surface area contributed by atoms with E-state index in [1.807, 2.05) is 48.5 Å². The summed E-state index contributed by atoms with van der Waals surface area (Å²) in [6.07, 6.45) is 5.51. The van der Waals surface area contributed by atoms with Gasteiger partial charge in [-0.3, -0.25) is 9.78 Å². The molecule has 3 heterocycles. The third-order valence-corrected chi connectivity index (χ3v) is 8.12. The first-order valence-electron chi connectivity index (χ1n) is 12.8. The molecular weight excluding hydrogens is 484 g/mol. The molecule has 2 aliphatic rings. The number of carbonyl (C=O) groups is 1. The number of ketones is 1. The first-order valence-corrected chi connectivity index (χ1v) is 13.2. The van der Waals surface area contributed by atoms with E-state index in [0.717, 1.165) is 59.8 Å². The van der Waals surface area contributed by atoms with Crippen molar-refractivity contribution in [2.45, 2.75) is 45.8 Å². The van der Waals surface area contributed by atoms with Crippen molar-refractivity contribution in [2.24, 2.45) is 5.41 Å². The Kier molecular flexibility index (Phi) is 6.97. The van der Waals surface area contributed by atoms with Crippen LogP contribution >= 0.6 is 11.6 Å². The van der Waals surface area contributed by atoms with Crippen LogP contribution in [-0.2, 0) is 12.2 Å². The number of nitrogens with zero attached hydrogens (tertiary/aromatic N) is 2. The van der Waals surface area contributed by atoms with Gasteiger partial charge >= 0.3 is 0 Å². The molecule has 3 aromatic rings. The molecule has 5 nitrogen and oxygen atoms in total. The van der Waals surface area contributed by atoms with Crippen LogP contribution in [0.4, 0.5) is 0 Å². The zero-order valence-electron chi connectivity index (χ0n) is 21.6. The monoisotopic (exact) mass is 516 g/mol. The Morgan fingerprint density at radius 2 is 1.95 bits per heavy atom. The Labute approximate surface area is 223 Å². The van der Waals surface area contributed by atoms with Gasteiger partial charge in [-0.25, -0.2) is 0 Å². The summed E-state index contributed by atoms with van der Waals surface area (Å²) in [6.45, 7) is 8.69. The fourth-order valence-corrected chi connectivity index (χ4v) is 5.79. The van der Waals surface area contributed by atoms with E-state index >= 15 is 0 Å². The highest BCUT2D eigenvalue weighted by atomic mass is 35.5. The van der Waals surface area contributed by atoms with Crippen LogP contribution in [0.2, 0.25) is 5.02 Å². The molecule has 1 N–H and O–H groups in total. The van der Waals surface area contributed by atoms with E-state index in [-0.39, 0.29) is 11.2 Å². The van der Waals surface area contributed by atoms with Crippen molar-refractivity contribution in [1.82, 2.24) is 9.88 Å². The second-order valence-corrected chi connectivity index (χ2v) is 11.2. The van der Waals surface area contributed by atoms with Crippen molar-refractivity contribution < 1.29 is 14.6 Å². The van der Waals surface area contributed by atoms with Crippen LogP contribution in [0.25, 0.3) is 5.57 Å². The number of aliphatic hydroxyl groups is 1. The molecule has 1 aromatic heterocycles. The van der Waals surface area contributed by atoms with Gasteiger partial charge in [-0.1, -0.05) is 49.7 Å². The molecule has 1 fully saturated rings. The maximum Gasteiger partial charge on any atom is 0.159 e. The smallest absolute Gasteiger partial charge is 0.159 e. The number of rotatable bonds is 5. The van der Waals surface area contributed by atoms with Crippen LogP contribution in [0.5, 0.6) is 5.75 Å². The van der Waals surface area contributed by atoms with Crippen molar-refractivity contribution in [1.29, 1.82) is 0 Å². The summed E-state index contributed by atoms with van der Waals surface area (Å²) in [4.78, 5) is 19.1. The van der Waals surface area contributed by atoms with E-state index in [1.165, 1.54) is 0 Å². The van der Waals surface area contributed by atoms with Crippen molar-refractivity contribution in [3.8, 4) is 5.75 Å². The first kappa shape index (κ1) is 25.7. The number of fused-ring (bicyclic) bond motifs is 2. The summed E-state index contributed by atoms with van der Waals surface area (Å²) in [5.74, 6) is 0.794. The number of ether oxygens (including phenoxy) is 1. The number of aromatic nitrogens is 1. The summed E-state index contributed by atoms with van der Waals surface area (Å²) in [5.41, 5.74) is 4.26. The number of hydrogen-bond acceptors (Lipinski definition) is 5. The predicted octanol–water partition coefficient (Wildman–Crippen LogP) is 6.27. The summed E-state index contributed by atoms with van der Waals surface area (Å²) in [5, 5.41) is 12.4. The third-order valence-electron chi connectivity index (χ3n) is 7.86. The van der Waals surface area contributed by atoms with Crippen LogP contribution < -0.4 is 4.74 Å². The highest BCUT2D eigenvalue weighted by Crippen LogP contribution is 2.46. The van der Waals surface area contributed by atoms with Gasteiger partial charge in [-0.15, -0.1) is 0 Å². The molecule has 2 aromatic carbocycles. The van der Waals surface area contributed by atoms with E-state index < -0.39 is 5.60 Å². The molecule has 0 amide bonds. The summed E-state index contributed by atoms with van der Waals surface area (Å²) in [7, 11) is 0. The summed E-state index contributed by atoms with van der Waals surface area (Å²) < 4.78 is 6.07. The lowest BCUT2D eigenvalue weighted by atomic mass is 9.66. The SMILES string of the molecule is CC(=O)c1ccc2c(c1)/C(=C/CCN1CC[C@@](O)(c3ccc(Cl)cc3)C(C)(C)C1)c1cccnc1CO2. The quantitative estimate of drug-likeness (QED) is 0.405. The van der Waals surface area contributed by atoms with Gasteiger partial charge in [0.15, 0.2) is 5.78 Å². The number of likely N-dealkylation sites (tertiary alicyclic amines) is 1. The number of pyridine rings is 1. The fourth-order valence-electron chi connectivity index (χ4n) is 5.66. The van der Waals surface area contributed by atoms with Crippen LogP contribution in [-0.4, -0.2) is 40.4 Å². The number of Topliss-reactive ketones (excluding diaryl/α,β-unsaturated/α-hetero) is 1. The normalized spacial score (nSPS) is 22.0. The second-order valence-electron chi connectivity index (χ2n) is 10.7. The van der Waals surface area contributed by atoms with Gasteiger partial charge in [0.05, 0.1) is 11.3 Å². The molecule has 0 spiro atoms. The van der Waals surface area contributed by atoms with Crippen molar-refractivity contribution in [3.05, 3.63) is 99.8 Å². The van der Waals surface area contributed by atoms with Gasteiger partial charge in [-0.05, 0) is 67.3 Å². The maximum atomic E-state index is 12.1. The molecule has 5 rings (SSSR count). The Morgan fingerprint density at radius 1 is 1.16 bits per heavy atom. The van der Waals surface area contributed by atoms with Crippen LogP contribution in [0.3, 0.4) is 0 Å². The van der Waals surface area contributed by atoms with Crippen molar-refractivity contribution in [3.63, 3.8) is 0 Å². The average Bonchev–Trinajstić information content (AvgIpc) is 3.03. The highest BCUT2D eigenvalue weighted by Gasteiger charge is 2.48. The number of piperidine rings is 1. The number of benzene rings is 2. The molecule has 1 atom stereocenters. The molecule has 37 heavy (non-hydrogen) atoms. The second kappa shape index (κ2) is 10.1. The average molecular weight is 517 g/mol. The standard InChI is InChI=1S/C31H33ClN2O3/c1-21(35)22-8-13-29-27(18-22)25(26-6-4-15-33-28(26)19-37-29)7-5-16-34-17-14-31(36,30(2,3)20-34)23-9-11-24(32)12-10-23/h4,6-13,15,18,36H,5,14,16-17,19-20H2,1-3H3/b25-7+/t31-/m1/s1. The minimum atomic E-state index is -0.905. The molecule has 192 valence electrons. The number of hydrogen-bond donors (Lipinski definition) is 1. The molecule has 0 radical (unpaired) electrons. The minimum Gasteiger partial charge on any atom is -0.487 e. The van der Waals surface area contributed by atoms with Crippen molar-refractivity contribution >= 4 is 23.0 Å². The Hall–Kier alpha value is -2.99. The van der Waals surface area contributed by atoms with Crippen molar-refractivity contribution in [2.75, 3.05) is 19.6 Å². The maximum absolute atomic E-state index is 12.1. The molecule has 2 aliphatic heterocycles. The van der Waals surface area contributed by atoms with E-state index in [0.29, 0.717) is 23.6 Å². The summed E-state index contributed by atoms with van der Waals surface area (Å²) >= 11 is 6.09. The lowest BCUT2D eigenvalue weighted by Gasteiger charge is -2.50. The summed E-state index contributed by atoms with van der Waals surface area (Å²) in [6, 6.07) is 17.2. The molecule has 0 unspecified atom stereocenters. The Morgan fingerprint density at radius 3 is 2.68 bits per heavy atom. The van der Waals surface area contributed by atoms with Crippen LogP contribution in [0.1, 0.15) is 66.4 Å². The topological polar surface area (TPSA) is 62.7 Å². The third kappa shape index (κ3) is 4.96. The minimum absolute atomic E-state index is 0.0292. The molecular formula is C31H33ClN2O3. The molecule has 0 aliphatic carbocycles. The van der Waals surface area contributed by atoms with Gasteiger partial charge in [0, 0.05) is 53.0 Å². The van der Waals surface area contributed by atoms with Gasteiger partial charge in [0.2, 0.25) is 0 Å². The predicted molar refractivity (Wildman–Crippen MR) is 147 cm³/mol. The lowest BCUT2D eigenvalue weighted by Crippen LogP contribution is -2.55. The zero-order valence-corrected chi connectivity index (χ0v) is 22.4. The van der Waals surface area contributed by atoms with E-state index in [1.54, 1.807) is 13.1 Å². The largest absolute Gasteiger partial charge is 0.487 e. The Bertz CT molecular complexity index is 1350. The van der Waals surface area contributed by atoms with E-state index in [2.05, 4.69) is 35.9 Å². The van der Waals surface area contributed by atoms with E-state index in [9.17, 15) is 9.90 Å². The molecule has 0 saturated carbocycles. The van der Waals surface area contributed by atoms with Gasteiger partial charge in [0.25, 0.3) is 0 Å². The van der Waals surface area contributed by atoms with E-state index in [4.69, 9.17) is 16.3 Å². The molecule has 6 heteroatoms. The zero-order chi connectivity index (χ0) is 26.2. The number of carbonyl (C=O) groups excluding carboxylic acids is 1. The molecule has 1 saturated heterocycles. The first-order chi connectivity index (χ1) is 17.7. The van der Waals surface area contributed by atoms with Crippen LogP contribution in [0.15, 0.2) is 66.9 Å². The highest BCUT2D eigenvalue weighted by molar-refractivity contribution is 6.30.